The van der Waals surface area contributed by atoms with Gasteiger partial charge in [-0.05, 0) is 25.0 Å². The van der Waals surface area contributed by atoms with Crippen LogP contribution in [0.2, 0.25) is 0 Å². The average molecular weight is 306 g/mol. The van der Waals surface area contributed by atoms with Crippen LogP contribution in [0.3, 0.4) is 0 Å². The second-order valence-electron chi connectivity index (χ2n) is 6.20. The Morgan fingerprint density at radius 2 is 2.00 bits per heavy atom. The van der Waals surface area contributed by atoms with Crippen molar-refractivity contribution < 1.29 is 9.90 Å². The molecule has 122 valence electrons. The summed E-state index contributed by atoms with van der Waals surface area (Å²) in [7, 11) is 3.86. The van der Waals surface area contributed by atoms with Gasteiger partial charge in [-0.25, -0.2) is 9.78 Å². The highest BCUT2D eigenvalue weighted by Gasteiger charge is 2.29. The maximum atomic E-state index is 11.8. The lowest BCUT2D eigenvalue weighted by molar-refractivity contribution is 0.00719. The van der Waals surface area contributed by atoms with Crippen molar-refractivity contribution in [2.45, 2.75) is 44.2 Å². The zero-order valence-corrected chi connectivity index (χ0v) is 13.4. The number of hydrogen-bond donors (Lipinski definition) is 3. The van der Waals surface area contributed by atoms with Crippen LogP contribution in [0.4, 0.5) is 10.6 Å². The molecular weight excluding hydrogens is 280 g/mol. The number of aliphatic hydroxyl groups is 1. The minimum Gasteiger partial charge on any atom is -0.388 e. The highest BCUT2D eigenvalue weighted by molar-refractivity contribution is 5.73. The van der Waals surface area contributed by atoms with E-state index in [-0.39, 0.29) is 6.03 Å². The van der Waals surface area contributed by atoms with Gasteiger partial charge in [0.2, 0.25) is 0 Å². The SMILES string of the molecule is CN(C)c1cccc(CNC(=O)NCC2(O)CCCCC2)n1. The fraction of sp³-hybridized carbons (Fsp3) is 0.625. The Morgan fingerprint density at radius 1 is 1.27 bits per heavy atom. The quantitative estimate of drug-likeness (QED) is 0.773. The van der Waals surface area contributed by atoms with Gasteiger partial charge in [0.05, 0.1) is 17.8 Å². The van der Waals surface area contributed by atoms with Crippen LogP contribution < -0.4 is 15.5 Å². The first-order chi connectivity index (χ1) is 10.5. The maximum Gasteiger partial charge on any atom is 0.315 e. The molecule has 0 aliphatic heterocycles. The molecule has 0 bridgehead atoms. The fourth-order valence-corrected chi connectivity index (χ4v) is 2.68. The minimum atomic E-state index is -0.737. The number of carbonyl (C=O) groups is 1. The predicted molar refractivity (Wildman–Crippen MR) is 86.8 cm³/mol. The lowest BCUT2D eigenvalue weighted by Gasteiger charge is -2.32. The van der Waals surface area contributed by atoms with Gasteiger partial charge in [0.25, 0.3) is 0 Å². The molecule has 1 saturated carbocycles. The highest BCUT2D eigenvalue weighted by atomic mass is 16.3. The van der Waals surface area contributed by atoms with Crippen LogP contribution in [-0.4, -0.2) is 42.4 Å². The molecule has 3 N–H and O–H groups in total. The van der Waals surface area contributed by atoms with Crippen LogP contribution >= 0.6 is 0 Å². The molecule has 6 heteroatoms. The molecule has 0 unspecified atom stereocenters. The Labute approximate surface area is 131 Å². The van der Waals surface area contributed by atoms with Crippen LogP contribution in [0.1, 0.15) is 37.8 Å². The molecule has 0 saturated heterocycles. The zero-order valence-electron chi connectivity index (χ0n) is 13.4. The highest BCUT2D eigenvalue weighted by Crippen LogP contribution is 2.27. The van der Waals surface area contributed by atoms with Crippen molar-refractivity contribution in [1.82, 2.24) is 15.6 Å². The molecule has 1 aliphatic carbocycles. The average Bonchev–Trinajstić information content (AvgIpc) is 2.52. The van der Waals surface area contributed by atoms with Crippen molar-refractivity contribution >= 4 is 11.8 Å². The van der Waals surface area contributed by atoms with E-state index in [1.165, 1.54) is 6.42 Å². The summed E-state index contributed by atoms with van der Waals surface area (Å²) < 4.78 is 0. The van der Waals surface area contributed by atoms with Crippen molar-refractivity contribution in [3.8, 4) is 0 Å². The molecule has 0 atom stereocenters. The Balaban J connectivity index is 1.76. The zero-order chi connectivity index (χ0) is 16.0. The smallest absolute Gasteiger partial charge is 0.315 e. The first kappa shape index (κ1) is 16.5. The summed E-state index contributed by atoms with van der Waals surface area (Å²) in [5.74, 6) is 0.858. The molecule has 1 aromatic rings. The van der Waals surface area contributed by atoms with E-state index in [2.05, 4.69) is 15.6 Å². The summed E-state index contributed by atoms with van der Waals surface area (Å²) in [6, 6.07) is 5.45. The van der Waals surface area contributed by atoms with Crippen LogP contribution in [0.15, 0.2) is 18.2 Å². The third-order valence-corrected chi connectivity index (χ3v) is 4.04. The fourth-order valence-electron chi connectivity index (χ4n) is 2.68. The number of pyridine rings is 1. The number of hydrogen-bond acceptors (Lipinski definition) is 4. The molecule has 1 aliphatic rings. The lowest BCUT2D eigenvalue weighted by atomic mass is 9.85. The van der Waals surface area contributed by atoms with E-state index >= 15 is 0 Å². The molecule has 6 nitrogen and oxygen atoms in total. The number of anilines is 1. The predicted octanol–water partition coefficient (Wildman–Crippen LogP) is 1.64. The van der Waals surface area contributed by atoms with E-state index in [9.17, 15) is 9.90 Å². The minimum absolute atomic E-state index is 0.268. The van der Waals surface area contributed by atoms with Gasteiger partial charge >= 0.3 is 6.03 Å². The molecule has 1 fully saturated rings. The number of urea groups is 1. The van der Waals surface area contributed by atoms with Gasteiger partial charge in [0.15, 0.2) is 0 Å². The molecule has 1 aromatic heterocycles. The number of nitrogens with zero attached hydrogens (tertiary/aromatic N) is 2. The Hall–Kier alpha value is -1.82. The van der Waals surface area contributed by atoms with Gasteiger partial charge in [0.1, 0.15) is 5.82 Å². The topological polar surface area (TPSA) is 77.5 Å². The van der Waals surface area contributed by atoms with E-state index in [1.807, 2.05) is 37.2 Å². The maximum absolute atomic E-state index is 11.8. The first-order valence-electron chi connectivity index (χ1n) is 7.86. The number of nitrogens with one attached hydrogen (secondary N) is 2. The normalized spacial score (nSPS) is 16.9. The van der Waals surface area contributed by atoms with Crippen molar-refractivity contribution in [2.24, 2.45) is 0 Å². The molecule has 22 heavy (non-hydrogen) atoms. The van der Waals surface area contributed by atoms with Crippen LogP contribution in [0.5, 0.6) is 0 Å². The summed E-state index contributed by atoms with van der Waals surface area (Å²) in [6.45, 7) is 0.677. The lowest BCUT2D eigenvalue weighted by Crippen LogP contribution is -2.47. The van der Waals surface area contributed by atoms with Crippen LogP contribution in [-0.2, 0) is 6.54 Å². The Kier molecular flexibility index (Phi) is 5.60. The van der Waals surface area contributed by atoms with Crippen molar-refractivity contribution in [3.05, 3.63) is 23.9 Å². The second kappa shape index (κ2) is 7.45. The Bertz CT molecular complexity index is 499. The molecule has 2 amide bonds. The van der Waals surface area contributed by atoms with Crippen molar-refractivity contribution in [1.29, 1.82) is 0 Å². The summed E-state index contributed by atoms with van der Waals surface area (Å²) in [4.78, 5) is 18.2. The van der Waals surface area contributed by atoms with Gasteiger partial charge < -0.3 is 20.6 Å². The summed E-state index contributed by atoms with van der Waals surface area (Å²) >= 11 is 0. The monoisotopic (exact) mass is 306 g/mol. The number of carbonyl (C=O) groups excluding carboxylic acids is 1. The third-order valence-electron chi connectivity index (χ3n) is 4.04. The van der Waals surface area contributed by atoms with Gasteiger partial charge in [0, 0.05) is 20.6 Å². The van der Waals surface area contributed by atoms with E-state index in [4.69, 9.17) is 0 Å². The van der Waals surface area contributed by atoms with Gasteiger partial charge in [-0.1, -0.05) is 25.3 Å². The van der Waals surface area contributed by atoms with E-state index < -0.39 is 5.60 Å². The second-order valence-corrected chi connectivity index (χ2v) is 6.20. The molecule has 0 spiro atoms. The molecule has 1 heterocycles. The largest absolute Gasteiger partial charge is 0.388 e. The van der Waals surface area contributed by atoms with Crippen LogP contribution in [0, 0.1) is 0 Å². The summed E-state index contributed by atoms with van der Waals surface area (Å²) in [6.07, 6.45) is 4.75. The number of rotatable bonds is 5. The van der Waals surface area contributed by atoms with E-state index in [1.54, 1.807) is 0 Å². The standard InChI is InChI=1S/C16H26N4O2/c1-20(2)14-8-6-7-13(19-14)11-17-15(21)18-12-16(22)9-4-3-5-10-16/h6-8,22H,3-5,9-12H2,1-2H3,(H2,17,18,21). The van der Waals surface area contributed by atoms with Crippen LogP contribution in [0.25, 0.3) is 0 Å². The van der Waals surface area contributed by atoms with E-state index in [0.717, 1.165) is 37.2 Å². The number of aromatic nitrogens is 1. The first-order valence-corrected chi connectivity index (χ1v) is 7.86. The summed E-state index contributed by atoms with van der Waals surface area (Å²) in [5, 5.41) is 15.9. The van der Waals surface area contributed by atoms with E-state index in [0.29, 0.717) is 13.1 Å². The van der Waals surface area contributed by atoms with Gasteiger partial charge in [-0.2, -0.15) is 0 Å². The third kappa shape index (κ3) is 4.87. The summed E-state index contributed by atoms with van der Waals surface area (Å²) in [5.41, 5.74) is 0.0660. The molecular formula is C16H26N4O2. The van der Waals surface area contributed by atoms with Crippen molar-refractivity contribution in [3.63, 3.8) is 0 Å². The van der Waals surface area contributed by atoms with Gasteiger partial charge in [-0.15, -0.1) is 0 Å². The molecule has 2 rings (SSSR count). The Morgan fingerprint density at radius 3 is 2.68 bits per heavy atom. The van der Waals surface area contributed by atoms with Crippen molar-refractivity contribution in [2.75, 3.05) is 25.5 Å². The number of amides is 2. The molecule has 0 aromatic carbocycles. The molecule has 0 radical (unpaired) electrons. The van der Waals surface area contributed by atoms with Gasteiger partial charge in [-0.3, -0.25) is 0 Å².